The Bertz CT molecular complexity index is 712. The molecule has 6 heteroatoms. The van der Waals surface area contributed by atoms with E-state index in [1.807, 2.05) is 37.7 Å². The minimum Gasteiger partial charge on any atom is -0.378 e. The van der Waals surface area contributed by atoms with Crippen LogP contribution in [0, 0.1) is 6.92 Å². The van der Waals surface area contributed by atoms with Crippen LogP contribution in [0.15, 0.2) is 18.3 Å². The summed E-state index contributed by atoms with van der Waals surface area (Å²) in [7, 11) is 3.88. The van der Waals surface area contributed by atoms with Gasteiger partial charge in [0.1, 0.15) is 16.3 Å². The molecule has 3 rings (SSSR count). The molecule has 0 atom stereocenters. The van der Waals surface area contributed by atoms with Gasteiger partial charge in [-0.05, 0) is 30.6 Å². The Hall–Kier alpha value is -1.95. The molecule has 0 aliphatic rings. The van der Waals surface area contributed by atoms with E-state index in [4.69, 9.17) is 0 Å². The van der Waals surface area contributed by atoms with Crippen LogP contribution >= 0.6 is 11.5 Å². The average Bonchev–Trinajstić information content (AvgIpc) is 2.91. The second-order valence-electron chi connectivity index (χ2n) is 4.06. The van der Waals surface area contributed by atoms with E-state index in [-0.39, 0.29) is 0 Å². The highest BCUT2D eigenvalue weighted by atomic mass is 32.1. The molecule has 0 bridgehead atoms. The van der Waals surface area contributed by atoms with Crippen molar-refractivity contribution in [1.82, 2.24) is 18.9 Å². The van der Waals surface area contributed by atoms with Crippen molar-refractivity contribution in [2.45, 2.75) is 6.92 Å². The number of fused-ring (bicyclic) bond motifs is 1. The maximum Gasteiger partial charge on any atom is 0.160 e. The topological polar surface area (TPSA) is 55.6 Å². The number of aromatic nitrogens is 4. The summed E-state index contributed by atoms with van der Waals surface area (Å²) in [5.41, 5.74) is 3.84. The first-order valence-electron chi connectivity index (χ1n) is 5.64. The van der Waals surface area contributed by atoms with Gasteiger partial charge in [-0.2, -0.15) is 4.37 Å². The molecular formula is C12H13N5S. The number of nitrogens with one attached hydrogen (secondary N) is 1. The highest BCUT2D eigenvalue weighted by Crippen LogP contribution is 2.34. The zero-order chi connectivity index (χ0) is 12.7. The highest BCUT2D eigenvalue weighted by Gasteiger charge is 2.18. The van der Waals surface area contributed by atoms with Crippen LogP contribution in [0.5, 0.6) is 0 Å². The van der Waals surface area contributed by atoms with Crippen LogP contribution in [0.2, 0.25) is 0 Å². The van der Waals surface area contributed by atoms with Gasteiger partial charge >= 0.3 is 0 Å². The molecule has 3 heterocycles. The third kappa shape index (κ3) is 1.49. The van der Waals surface area contributed by atoms with E-state index in [0.29, 0.717) is 0 Å². The normalized spacial score (nSPS) is 11.1. The lowest BCUT2D eigenvalue weighted by molar-refractivity contribution is 0.940. The van der Waals surface area contributed by atoms with Crippen LogP contribution < -0.4 is 5.32 Å². The van der Waals surface area contributed by atoms with Crippen molar-refractivity contribution in [2.75, 3.05) is 12.4 Å². The molecule has 18 heavy (non-hydrogen) atoms. The predicted molar refractivity (Wildman–Crippen MR) is 73.9 cm³/mol. The molecule has 0 aliphatic heterocycles. The van der Waals surface area contributed by atoms with Crippen LogP contribution in [0.1, 0.15) is 5.69 Å². The molecule has 3 aromatic rings. The number of imidazole rings is 1. The Kier molecular flexibility index (Phi) is 2.52. The van der Waals surface area contributed by atoms with Gasteiger partial charge in [-0.15, -0.1) is 0 Å². The zero-order valence-electron chi connectivity index (χ0n) is 10.4. The van der Waals surface area contributed by atoms with Crippen LogP contribution in [0.4, 0.5) is 5.00 Å². The summed E-state index contributed by atoms with van der Waals surface area (Å²) in [6.45, 7) is 2.00. The maximum absolute atomic E-state index is 4.65. The third-order valence-electron chi connectivity index (χ3n) is 2.94. The van der Waals surface area contributed by atoms with E-state index in [1.54, 1.807) is 6.20 Å². The average molecular weight is 259 g/mol. The Morgan fingerprint density at radius 2 is 2.22 bits per heavy atom. The van der Waals surface area contributed by atoms with Crippen molar-refractivity contribution in [3.8, 4) is 11.4 Å². The zero-order valence-corrected chi connectivity index (χ0v) is 11.2. The number of hydrogen-bond donors (Lipinski definition) is 1. The van der Waals surface area contributed by atoms with Crippen LogP contribution in [-0.4, -0.2) is 26.0 Å². The Morgan fingerprint density at radius 3 is 2.94 bits per heavy atom. The lowest BCUT2D eigenvalue weighted by atomic mass is 10.2. The SMILES string of the molecule is CNc1snc(C)c1-c1nc2cccnc2n1C. The van der Waals surface area contributed by atoms with E-state index in [0.717, 1.165) is 33.2 Å². The van der Waals surface area contributed by atoms with Gasteiger partial charge in [0, 0.05) is 20.3 Å². The lowest BCUT2D eigenvalue weighted by Crippen LogP contribution is -1.96. The maximum atomic E-state index is 4.65. The summed E-state index contributed by atoms with van der Waals surface area (Å²) in [5, 5.41) is 4.20. The van der Waals surface area contributed by atoms with E-state index in [2.05, 4.69) is 19.7 Å². The van der Waals surface area contributed by atoms with Crippen LogP contribution in [0.25, 0.3) is 22.6 Å². The lowest BCUT2D eigenvalue weighted by Gasteiger charge is -2.03. The molecule has 0 amide bonds. The summed E-state index contributed by atoms with van der Waals surface area (Å²) in [4.78, 5) is 9.01. The monoisotopic (exact) mass is 259 g/mol. The fraction of sp³-hybridized carbons (Fsp3) is 0.250. The Labute approximate surface area is 109 Å². The summed E-state index contributed by atoms with van der Waals surface area (Å²) >= 11 is 1.45. The molecule has 0 radical (unpaired) electrons. The highest BCUT2D eigenvalue weighted by molar-refractivity contribution is 7.10. The van der Waals surface area contributed by atoms with Crippen LogP contribution in [0.3, 0.4) is 0 Å². The number of hydrogen-bond acceptors (Lipinski definition) is 5. The minimum atomic E-state index is 0.889. The second-order valence-corrected chi connectivity index (χ2v) is 4.84. The first kappa shape index (κ1) is 11.2. The van der Waals surface area contributed by atoms with Crippen molar-refractivity contribution < 1.29 is 0 Å². The van der Waals surface area contributed by atoms with Gasteiger partial charge in [0.05, 0.1) is 11.3 Å². The van der Waals surface area contributed by atoms with Crippen molar-refractivity contribution in [1.29, 1.82) is 0 Å². The number of aryl methyl sites for hydroxylation is 2. The van der Waals surface area contributed by atoms with E-state index in [9.17, 15) is 0 Å². The Morgan fingerprint density at radius 1 is 1.39 bits per heavy atom. The molecule has 0 unspecified atom stereocenters. The molecular weight excluding hydrogens is 246 g/mol. The molecule has 0 saturated carbocycles. The van der Waals surface area contributed by atoms with Gasteiger partial charge in [0.2, 0.25) is 0 Å². The first-order chi connectivity index (χ1) is 8.72. The van der Waals surface area contributed by atoms with Gasteiger partial charge in [-0.3, -0.25) is 0 Å². The molecule has 0 aromatic carbocycles. The predicted octanol–water partition coefficient (Wildman–Crippen LogP) is 2.44. The number of anilines is 1. The molecule has 0 saturated heterocycles. The summed E-state index contributed by atoms with van der Waals surface area (Å²) in [5.74, 6) is 0.902. The van der Waals surface area contributed by atoms with E-state index < -0.39 is 0 Å². The fourth-order valence-electron chi connectivity index (χ4n) is 2.05. The van der Waals surface area contributed by atoms with Gasteiger partial charge in [0.15, 0.2) is 5.65 Å². The first-order valence-corrected chi connectivity index (χ1v) is 6.41. The smallest absolute Gasteiger partial charge is 0.160 e. The quantitative estimate of drug-likeness (QED) is 0.768. The summed E-state index contributed by atoms with van der Waals surface area (Å²) < 4.78 is 6.39. The largest absolute Gasteiger partial charge is 0.378 e. The molecule has 0 fully saturated rings. The van der Waals surface area contributed by atoms with Gasteiger partial charge in [-0.1, -0.05) is 0 Å². The summed E-state index contributed by atoms with van der Waals surface area (Å²) in [6.07, 6.45) is 1.78. The van der Waals surface area contributed by atoms with Gasteiger partial charge < -0.3 is 9.88 Å². The standard InChI is InChI=1S/C12H13N5S/c1-7-9(12(13-2)18-16-7)11-15-8-5-4-6-14-10(8)17(11)3/h4-6,13H,1-3H3. The van der Waals surface area contributed by atoms with E-state index >= 15 is 0 Å². The van der Waals surface area contributed by atoms with Crippen molar-refractivity contribution in [2.24, 2.45) is 7.05 Å². The number of rotatable bonds is 2. The second kappa shape index (κ2) is 4.06. The van der Waals surface area contributed by atoms with Gasteiger partial charge in [0.25, 0.3) is 0 Å². The minimum absolute atomic E-state index is 0.889. The van der Waals surface area contributed by atoms with Crippen molar-refractivity contribution in [3.63, 3.8) is 0 Å². The molecule has 0 spiro atoms. The van der Waals surface area contributed by atoms with Crippen LogP contribution in [-0.2, 0) is 7.05 Å². The summed E-state index contributed by atoms with van der Waals surface area (Å²) in [6, 6.07) is 3.87. The molecule has 3 aromatic heterocycles. The fourth-order valence-corrected chi connectivity index (χ4v) is 2.79. The number of pyridine rings is 1. The Balaban J connectivity index is 2.31. The van der Waals surface area contributed by atoms with Crippen molar-refractivity contribution >= 4 is 27.7 Å². The molecule has 92 valence electrons. The van der Waals surface area contributed by atoms with E-state index in [1.165, 1.54) is 11.5 Å². The number of nitrogens with zero attached hydrogens (tertiary/aromatic N) is 4. The third-order valence-corrected chi connectivity index (χ3v) is 3.90. The molecule has 0 aliphatic carbocycles. The van der Waals surface area contributed by atoms with Crippen molar-refractivity contribution in [3.05, 3.63) is 24.0 Å². The van der Waals surface area contributed by atoms with Gasteiger partial charge in [-0.25, -0.2) is 9.97 Å². The molecule has 5 nitrogen and oxygen atoms in total. The molecule has 1 N–H and O–H groups in total.